The number of carbonyl (C=O) groups excluding carboxylic acids is 1. The highest BCUT2D eigenvalue weighted by Crippen LogP contribution is 2.52. The summed E-state index contributed by atoms with van der Waals surface area (Å²) in [6, 6.07) is 4.97. The fourth-order valence-corrected chi connectivity index (χ4v) is 5.58. The maximum Gasteiger partial charge on any atom is 0.257 e. The molecule has 6 nitrogen and oxygen atoms in total. The van der Waals surface area contributed by atoms with E-state index in [0.717, 1.165) is 16.3 Å². The van der Waals surface area contributed by atoms with E-state index in [2.05, 4.69) is 9.97 Å². The number of carbonyl (C=O) groups is 1. The lowest BCUT2D eigenvalue weighted by atomic mass is 9.76. The summed E-state index contributed by atoms with van der Waals surface area (Å²) < 4.78 is 39.6. The Kier molecular flexibility index (Phi) is 3.88. The molecule has 1 aromatic carbocycles. The molecule has 2 saturated heterocycles. The molecule has 0 radical (unpaired) electrons. The SMILES string of the molecule is O=C1N2[C@@H](CC[C@H]2c2cc(F)cc(F)c2)OC12CC(Oc1ncnc3sccc13)C2. The summed E-state index contributed by atoms with van der Waals surface area (Å²) in [4.78, 5) is 24.2. The summed E-state index contributed by atoms with van der Waals surface area (Å²) in [5.74, 6) is -0.891. The Bertz CT molecular complexity index is 1140. The lowest BCUT2D eigenvalue weighted by molar-refractivity contribution is -0.162. The van der Waals surface area contributed by atoms with E-state index in [1.807, 2.05) is 11.4 Å². The molecule has 0 N–H and O–H groups in total. The zero-order valence-electron chi connectivity index (χ0n) is 15.8. The monoisotopic (exact) mass is 429 g/mol. The summed E-state index contributed by atoms with van der Waals surface area (Å²) in [6.45, 7) is 0. The van der Waals surface area contributed by atoms with Gasteiger partial charge < -0.3 is 14.4 Å². The van der Waals surface area contributed by atoms with Crippen molar-refractivity contribution in [1.82, 2.24) is 14.9 Å². The number of thiophene rings is 1. The maximum absolute atomic E-state index is 13.7. The molecule has 1 spiro atoms. The number of aromatic nitrogens is 2. The van der Waals surface area contributed by atoms with Gasteiger partial charge in [0.25, 0.3) is 5.91 Å². The predicted molar refractivity (Wildman–Crippen MR) is 104 cm³/mol. The van der Waals surface area contributed by atoms with Crippen molar-refractivity contribution in [3.05, 3.63) is 53.2 Å². The van der Waals surface area contributed by atoms with Crippen LogP contribution >= 0.6 is 11.3 Å². The van der Waals surface area contributed by atoms with Gasteiger partial charge in [0, 0.05) is 18.9 Å². The van der Waals surface area contributed by atoms with Gasteiger partial charge >= 0.3 is 0 Å². The highest BCUT2D eigenvalue weighted by molar-refractivity contribution is 7.16. The minimum atomic E-state index is -0.916. The van der Waals surface area contributed by atoms with E-state index >= 15 is 0 Å². The number of hydrogen-bond acceptors (Lipinski definition) is 6. The molecule has 3 aromatic rings. The van der Waals surface area contributed by atoms with E-state index in [1.165, 1.54) is 29.8 Å². The van der Waals surface area contributed by atoms with Gasteiger partial charge in [0.15, 0.2) is 5.60 Å². The van der Waals surface area contributed by atoms with Crippen molar-refractivity contribution in [3.63, 3.8) is 0 Å². The molecule has 0 bridgehead atoms. The van der Waals surface area contributed by atoms with E-state index in [0.29, 0.717) is 37.1 Å². The van der Waals surface area contributed by atoms with E-state index in [-0.39, 0.29) is 24.3 Å². The van der Waals surface area contributed by atoms with E-state index in [1.54, 1.807) is 4.90 Å². The fraction of sp³-hybridized carbons (Fsp3) is 0.381. The first-order chi connectivity index (χ1) is 14.5. The first-order valence-corrected chi connectivity index (χ1v) is 10.7. The Morgan fingerprint density at radius 2 is 1.97 bits per heavy atom. The van der Waals surface area contributed by atoms with Crippen molar-refractivity contribution in [2.45, 2.75) is 49.7 Å². The van der Waals surface area contributed by atoms with Gasteiger partial charge in [-0.25, -0.2) is 18.7 Å². The molecule has 4 heterocycles. The van der Waals surface area contributed by atoms with E-state index < -0.39 is 17.2 Å². The highest BCUT2D eigenvalue weighted by atomic mass is 32.1. The van der Waals surface area contributed by atoms with Gasteiger partial charge in [-0.05, 0) is 42.0 Å². The Balaban J connectivity index is 1.20. The van der Waals surface area contributed by atoms with Crippen LogP contribution in [-0.4, -0.2) is 38.7 Å². The number of rotatable bonds is 3. The number of fused-ring (bicyclic) bond motifs is 2. The molecule has 1 aliphatic carbocycles. The van der Waals surface area contributed by atoms with Crippen molar-refractivity contribution in [2.75, 3.05) is 0 Å². The van der Waals surface area contributed by atoms with Gasteiger partial charge in [-0.1, -0.05) is 0 Å². The highest BCUT2D eigenvalue weighted by Gasteiger charge is 2.63. The van der Waals surface area contributed by atoms with Gasteiger partial charge in [-0.3, -0.25) is 4.79 Å². The summed E-state index contributed by atoms with van der Waals surface area (Å²) in [7, 11) is 0. The smallest absolute Gasteiger partial charge is 0.257 e. The molecule has 30 heavy (non-hydrogen) atoms. The van der Waals surface area contributed by atoms with Crippen molar-refractivity contribution in [1.29, 1.82) is 0 Å². The summed E-state index contributed by atoms with van der Waals surface area (Å²) in [5, 5.41) is 2.79. The Labute approximate surface area is 174 Å². The molecule has 2 aliphatic heterocycles. The minimum Gasteiger partial charge on any atom is -0.474 e. The molecule has 2 atom stereocenters. The number of hydrogen-bond donors (Lipinski definition) is 0. The molecule has 1 saturated carbocycles. The van der Waals surface area contributed by atoms with Crippen LogP contribution in [0.1, 0.15) is 37.3 Å². The molecule has 9 heteroatoms. The number of ether oxygens (including phenoxy) is 2. The number of benzene rings is 1. The van der Waals surface area contributed by atoms with Crippen LogP contribution in [0.5, 0.6) is 5.88 Å². The zero-order chi connectivity index (χ0) is 20.5. The number of amides is 1. The van der Waals surface area contributed by atoms with Crippen LogP contribution in [0.2, 0.25) is 0 Å². The summed E-state index contributed by atoms with van der Waals surface area (Å²) in [6.07, 6.45) is 3.04. The Hall–Kier alpha value is -2.65. The Morgan fingerprint density at radius 1 is 1.17 bits per heavy atom. The number of halogens is 2. The Morgan fingerprint density at radius 3 is 2.77 bits per heavy atom. The molecule has 3 aliphatic rings. The predicted octanol–water partition coefficient (Wildman–Crippen LogP) is 3.97. The fourth-order valence-electron chi connectivity index (χ4n) is 4.86. The average Bonchev–Trinajstić information content (AvgIpc) is 3.37. The molecule has 6 rings (SSSR count). The number of nitrogens with zero attached hydrogens (tertiary/aromatic N) is 3. The first kappa shape index (κ1) is 18.1. The maximum atomic E-state index is 13.7. The van der Waals surface area contributed by atoms with Crippen LogP contribution in [-0.2, 0) is 9.53 Å². The van der Waals surface area contributed by atoms with Crippen LogP contribution in [0.3, 0.4) is 0 Å². The lowest BCUT2D eigenvalue weighted by Crippen LogP contribution is -2.56. The average molecular weight is 429 g/mol. The van der Waals surface area contributed by atoms with Crippen LogP contribution in [0, 0.1) is 11.6 Å². The van der Waals surface area contributed by atoms with Crippen LogP contribution in [0.15, 0.2) is 36.0 Å². The third-order valence-corrected chi connectivity index (χ3v) is 7.03. The zero-order valence-corrected chi connectivity index (χ0v) is 16.6. The topological polar surface area (TPSA) is 64.6 Å². The van der Waals surface area contributed by atoms with Crippen molar-refractivity contribution >= 4 is 27.5 Å². The van der Waals surface area contributed by atoms with Gasteiger partial charge in [0.1, 0.15) is 35.1 Å². The molecule has 154 valence electrons. The molecule has 1 amide bonds. The van der Waals surface area contributed by atoms with Gasteiger partial charge in [0.2, 0.25) is 5.88 Å². The van der Waals surface area contributed by atoms with Crippen LogP contribution < -0.4 is 4.74 Å². The van der Waals surface area contributed by atoms with Gasteiger partial charge in [-0.15, -0.1) is 11.3 Å². The largest absolute Gasteiger partial charge is 0.474 e. The van der Waals surface area contributed by atoms with Crippen LogP contribution in [0.4, 0.5) is 8.78 Å². The second kappa shape index (κ2) is 6.42. The van der Waals surface area contributed by atoms with Crippen molar-refractivity contribution < 1.29 is 23.0 Å². The second-order valence-corrected chi connectivity index (χ2v) is 8.94. The van der Waals surface area contributed by atoms with Crippen LogP contribution in [0.25, 0.3) is 10.2 Å². The van der Waals surface area contributed by atoms with Crippen molar-refractivity contribution in [2.24, 2.45) is 0 Å². The van der Waals surface area contributed by atoms with Crippen molar-refractivity contribution in [3.8, 4) is 5.88 Å². The molecule has 2 aromatic heterocycles. The molecule has 3 fully saturated rings. The van der Waals surface area contributed by atoms with E-state index in [4.69, 9.17) is 9.47 Å². The summed E-state index contributed by atoms with van der Waals surface area (Å²) >= 11 is 1.51. The molecule has 0 unspecified atom stereocenters. The quantitative estimate of drug-likeness (QED) is 0.631. The standard InChI is InChI=1S/C21H17F2N3O3S/c22-12-5-11(6-13(23)7-12)16-1-2-17-26(16)20(27)21(29-17)8-14(9-21)28-18-15-3-4-30-19(15)25-10-24-18/h3-7,10,14,16-17H,1-2,8-9H2/t14?,16-,17+,21?/m0/s1. The van der Waals surface area contributed by atoms with Gasteiger partial charge in [0.05, 0.1) is 11.4 Å². The first-order valence-electron chi connectivity index (χ1n) is 9.84. The minimum absolute atomic E-state index is 0.122. The normalized spacial score (nSPS) is 30.1. The molecular weight excluding hydrogens is 412 g/mol. The van der Waals surface area contributed by atoms with E-state index in [9.17, 15) is 13.6 Å². The third kappa shape index (κ3) is 2.65. The second-order valence-electron chi connectivity index (χ2n) is 8.04. The third-order valence-electron chi connectivity index (χ3n) is 6.21. The summed E-state index contributed by atoms with van der Waals surface area (Å²) in [5.41, 5.74) is -0.447. The molecular formula is C21H17F2N3O3S. The lowest BCUT2D eigenvalue weighted by Gasteiger charge is -2.42. The van der Waals surface area contributed by atoms with Gasteiger partial charge in [-0.2, -0.15) is 0 Å².